The van der Waals surface area contributed by atoms with Crippen LogP contribution in [0.3, 0.4) is 0 Å². The summed E-state index contributed by atoms with van der Waals surface area (Å²) in [5.41, 5.74) is 0.809. The summed E-state index contributed by atoms with van der Waals surface area (Å²) in [4.78, 5) is 39.3. The number of hydrogen-bond donors (Lipinski definition) is 1. The Kier molecular flexibility index (Phi) is 5.75. The second-order valence-electron chi connectivity index (χ2n) is 6.70. The van der Waals surface area contributed by atoms with E-state index >= 15 is 0 Å². The maximum Gasteiger partial charge on any atom is 0.260 e. The number of anilines is 1. The first-order valence-electron chi connectivity index (χ1n) is 9.11. The number of likely N-dealkylation sites (tertiary alicyclic amines) is 1. The first-order valence-corrected chi connectivity index (χ1v) is 9.11. The fourth-order valence-corrected chi connectivity index (χ4v) is 3.49. The number of carbonyl (C=O) groups excluding carboxylic acids is 3. The lowest BCUT2D eigenvalue weighted by molar-refractivity contribution is -0.137. The molecule has 1 aromatic carbocycles. The third-order valence-electron chi connectivity index (χ3n) is 5.03. The van der Waals surface area contributed by atoms with Gasteiger partial charge in [-0.05, 0) is 31.4 Å². The minimum atomic E-state index is -0.0805. The number of nitrogens with zero attached hydrogens (tertiary/aromatic N) is 2. The van der Waals surface area contributed by atoms with Gasteiger partial charge in [-0.25, -0.2) is 0 Å². The molecule has 0 aromatic heterocycles. The van der Waals surface area contributed by atoms with E-state index in [1.54, 1.807) is 29.0 Å². The minimum absolute atomic E-state index is 0.0142. The summed E-state index contributed by atoms with van der Waals surface area (Å²) >= 11 is 0. The number of carbonyl (C=O) groups is 3. The molecule has 7 heteroatoms. The van der Waals surface area contributed by atoms with Gasteiger partial charge < -0.3 is 19.9 Å². The van der Waals surface area contributed by atoms with Gasteiger partial charge in [-0.2, -0.15) is 0 Å². The Labute approximate surface area is 153 Å². The van der Waals surface area contributed by atoms with Crippen molar-refractivity contribution in [3.8, 4) is 5.75 Å². The van der Waals surface area contributed by atoms with Gasteiger partial charge in [0.25, 0.3) is 5.91 Å². The van der Waals surface area contributed by atoms with Crippen LogP contribution in [-0.4, -0.2) is 55.9 Å². The zero-order valence-electron chi connectivity index (χ0n) is 15.1. The molecular formula is C19H25N3O4. The molecule has 3 rings (SSSR count). The quantitative estimate of drug-likeness (QED) is 0.856. The molecule has 140 valence electrons. The van der Waals surface area contributed by atoms with E-state index in [1.807, 2.05) is 12.1 Å². The molecular weight excluding hydrogens is 334 g/mol. The Morgan fingerprint density at radius 3 is 2.65 bits per heavy atom. The maximum absolute atomic E-state index is 12.3. The fraction of sp³-hybridized carbons (Fsp3) is 0.526. The van der Waals surface area contributed by atoms with Crippen molar-refractivity contribution in [3.05, 3.63) is 24.3 Å². The molecule has 0 atom stereocenters. The Balaban J connectivity index is 1.51. The van der Waals surface area contributed by atoms with Gasteiger partial charge >= 0.3 is 0 Å². The molecule has 1 aromatic rings. The zero-order valence-corrected chi connectivity index (χ0v) is 15.1. The standard InChI is InChI=1S/C19H25N3O4/c1-20-19(25)14-7-10-21(11-8-14)18(24)13-26-16-5-2-4-15(12-16)22-9-3-6-17(22)23/h2,4-5,12,14H,3,6-11,13H2,1H3,(H,20,25). The monoisotopic (exact) mass is 359 g/mol. The van der Waals surface area contributed by atoms with E-state index in [9.17, 15) is 14.4 Å². The third kappa shape index (κ3) is 4.15. The van der Waals surface area contributed by atoms with Gasteiger partial charge in [-0.3, -0.25) is 14.4 Å². The second-order valence-corrected chi connectivity index (χ2v) is 6.70. The lowest BCUT2D eigenvalue weighted by Crippen LogP contribution is -2.44. The normalized spacial score (nSPS) is 18.1. The van der Waals surface area contributed by atoms with Gasteiger partial charge in [-0.15, -0.1) is 0 Å². The first-order chi connectivity index (χ1) is 12.6. The van der Waals surface area contributed by atoms with Crippen molar-refractivity contribution in [1.82, 2.24) is 10.2 Å². The highest BCUT2D eigenvalue weighted by molar-refractivity contribution is 5.95. The average molecular weight is 359 g/mol. The molecule has 3 amide bonds. The molecule has 0 aliphatic carbocycles. The number of nitrogens with one attached hydrogen (secondary N) is 1. The Hall–Kier alpha value is -2.57. The summed E-state index contributed by atoms with van der Waals surface area (Å²) in [6.07, 6.45) is 2.81. The predicted octanol–water partition coefficient (Wildman–Crippen LogP) is 1.18. The molecule has 2 fully saturated rings. The molecule has 0 radical (unpaired) electrons. The van der Waals surface area contributed by atoms with Gasteiger partial charge in [0.1, 0.15) is 5.75 Å². The largest absolute Gasteiger partial charge is 0.484 e. The van der Waals surface area contributed by atoms with Crippen LogP contribution < -0.4 is 15.0 Å². The zero-order chi connectivity index (χ0) is 18.5. The smallest absolute Gasteiger partial charge is 0.260 e. The van der Waals surface area contributed by atoms with Crippen LogP contribution in [0.5, 0.6) is 5.75 Å². The van der Waals surface area contributed by atoms with Crippen LogP contribution in [0.25, 0.3) is 0 Å². The van der Waals surface area contributed by atoms with Gasteiger partial charge in [-0.1, -0.05) is 6.07 Å². The van der Waals surface area contributed by atoms with Crippen LogP contribution in [0.1, 0.15) is 25.7 Å². The summed E-state index contributed by atoms with van der Waals surface area (Å²) in [6, 6.07) is 7.29. The molecule has 2 heterocycles. The molecule has 2 saturated heterocycles. The van der Waals surface area contributed by atoms with Crippen LogP contribution in [0.2, 0.25) is 0 Å². The highest BCUT2D eigenvalue weighted by atomic mass is 16.5. The second kappa shape index (κ2) is 8.21. The van der Waals surface area contributed by atoms with E-state index in [0.29, 0.717) is 38.1 Å². The number of piperidine rings is 1. The summed E-state index contributed by atoms with van der Waals surface area (Å²) in [5, 5.41) is 2.66. The highest BCUT2D eigenvalue weighted by Crippen LogP contribution is 2.25. The van der Waals surface area contributed by atoms with E-state index in [2.05, 4.69) is 5.32 Å². The Bertz CT molecular complexity index is 683. The fourth-order valence-electron chi connectivity index (χ4n) is 3.49. The number of rotatable bonds is 5. The van der Waals surface area contributed by atoms with E-state index in [0.717, 1.165) is 18.7 Å². The maximum atomic E-state index is 12.3. The van der Waals surface area contributed by atoms with Crippen molar-refractivity contribution in [2.45, 2.75) is 25.7 Å². The van der Waals surface area contributed by atoms with E-state index in [1.165, 1.54) is 0 Å². The summed E-state index contributed by atoms with van der Waals surface area (Å²) < 4.78 is 5.64. The third-order valence-corrected chi connectivity index (χ3v) is 5.03. The van der Waals surface area contributed by atoms with Crippen LogP contribution >= 0.6 is 0 Å². The van der Waals surface area contributed by atoms with Crippen LogP contribution in [-0.2, 0) is 14.4 Å². The summed E-state index contributed by atoms with van der Waals surface area (Å²) in [6.45, 7) is 1.83. The molecule has 0 unspecified atom stereocenters. The van der Waals surface area contributed by atoms with Gasteiger partial charge in [0.15, 0.2) is 6.61 Å². The number of hydrogen-bond acceptors (Lipinski definition) is 4. The van der Waals surface area contributed by atoms with E-state index in [-0.39, 0.29) is 30.2 Å². The number of ether oxygens (including phenoxy) is 1. The van der Waals surface area contributed by atoms with Gasteiger partial charge in [0.05, 0.1) is 0 Å². The summed E-state index contributed by atoms with van der Waals surface area (Å²) in [5.74, 6) is 0.650. The lowest BCUT2D eigenvalue weighted by atomic mass is 9.96. The molecule has 2 aliphatic heterocycles. The first kappa shape index (κ1) is 18.2. The Morgan fingerprint density at radius 1 is 1.23 bits per heavy atom. The molecule has 7 nitrogen and oxygen atoms in total. The molecule has 0 bridgehead atoms. The van der Waals surface area contributed by atoms with Crippen molar-refractivity contribution >= 4 is 23.4 Å². The molecule has 2 aliphatic rings. The molecule has 0 spiro atoms. The van der Waals surface area contributed by atoms with Gasteiger partial charge in [0, 0.05) is 50.8 Å². The highest BCUT2D eigenvalue weighted by Gasteiger charge is 2.27. The van der Waals surface area contributed by atoms with E-state index in [4.69, 9.17) is 4.74 Å². The van der Waals surface area contributed by atoms with Crippen molar-refractivity contribution in [2.24, 2.45) is 5.92 Å². The van der Waals surface area contributed by atoms with Gasteiger partial charge in [0.2, 0.25) is 11.8 Å². The lowest BCUT2D eigenvalue weighted by Gasteiger charge is -2.31. The predicted molar refractivity (Wildman–Crippen MR) is 96.9 cm³/mol. The Morgan fingerprint density at radius 2 is 2.00 bits per heavy atom. The van der Waals surface area contributed by atoms with Crippen molar-refractivity contribution in [1.29, 1.82) is 0 Å². The SMILES string of the molecule is CNC(=O)C1CCN(C(=O)COc2cccc(N3CCCC3=O)c2)CC1. The van der Waals surface area contributed by atoms with Crippen LogP contribution in [0, 0.1) is 5.92 Å². The molecule has 1 N–H and O–H groups in total. The van der Waals surface area contributed by atoms with Crippen LogP contribution in [0.4, 0.5) is 5.69 Å². The summed E-state index contributed by atoms with van der Waals surface area (Å²) in [7, 11) is 1.64. The van der Waals surface area contributed by atoms with Crippen molar-refractivity contribution < 1.29 is 19.1 Å². The van der Waals surface area contributed by atoms with Crippen molar-refractivity contribution in [3.63, 3.8) is 0 Å². The number of benzene rings is 1. The average Bonchev–Trinajstić information content (AvgIpc) is 3.11. The topological polar surface area (TPSA) is 79.0 Å². The molecule has 0 saturated carbocycles. The minimum Gasteiger partial charge on any atom is -0.484 e. The van der Waals surface area contributed by atoms with Crippen molar-refractivity contribution in [2.75, 3.05) is 38.2 Å². The van der Waals surface area contributed by atoms with E-state index < -0.39 is 0 Å². The molecule has 26 heavy (non-hydrogen) atoms. The van der Waals surface area contributed by atoms with Crippen LogP contribution in [0.15, 0.2) is 24.3 Å². The number of amides is 3.